The Kier molecular flexibility index (Phi) is 6.45. The number of nitrogens with one attached hydrogen (secondary N) is 2. The normalized spacial score (nSPS) is 16.4. The number of hydrogen-bond donors (Lipinski definition) is 3. The first-order chi connectivity index (χ1) is 10.7. The van der Waals surface area contributed by atoms with Gasteiger partial charge in [0.15, 0.2) is 0 Å². The van der Waals surface area contributed by atoms with Crippen LogP contribution in [0.1, 0.15) is 50.3 Å². The Labute approximate surface area is 130 Å². The summed E-state index contributed by atoms with van der Waals surface area (Å²) in [7, 11) is 0. The van der Waals surface area contributed by atoms with E-state index in [-0.39, 0.29) is 25.0 Å². The molecule has 22 heavy (non-hydrogen) atoms. The zero-order valence-electron chi connectivity index (χ0n) is 12.7. The van der Waals surface area contributed by atoms with Crippen molar-refractivity contribution in [2.24, 2.45) is 5.92 Å². The van der Waals surface area contributed by atoms with Crippen LogP contribution in [-0.2, 0) is 9.59 Å². The van der Waals surface area contributed by atoms with E-state index in [0.29, 0.717) is 18.1 Å². The monoisotopic (exact) mass is 308 g/mol. The lowest BCUT2D eigenvalue weighted by molar-refractivity contribution is -0.126. The van der Waals surface area contributed by atoms with Gasteiger partial charge in [0.2, 0.25) is 11.8 Å². The molecule has 1 aliphatic carbocycles. The molecular formula is C16H24N2O4. The van der Waals surface area contributed by atoms with Crippen LogP contribution < -0.4 is 10.6 Å². The number of carbonyl (C=O) groups is 2. The van der Waals surface area contributed by atoms with E-state index in [1.165, 1.54) is 31.9 Å². The van der Waals surface area contributed by atoms with E-state index in [0.717, 1.165) is 6.42 Å². The highest BCUT2D eigenvalue weighted by molar-refractivity contribution is 5.84. The average Bonchev–Trinajstić information content (AvgIpc) is 3.21. The van der Waals surface area contributed by atoms with Gasteiger partial charge in [0, 0.05) is 6.42 Å². The number of aliphatic hydroxyl groups is 1. The Balaban J connectivity index is 1.64. The first-order valence-corrected chi connectivity index (χ1v) is 7.89. The van der Waals surface area contributed by atoms with E-state index >= 15 is 0 Å². The second-order valence-corrected chi connectivity index (χ2v) is 5.78. The molecular weight excluding hydrogens is 284 g/mol. The Morgan fingerprint density at radius 1 is 1.32 bits per heavy atom. The summed E-state index contributed by atoms with van der Waals surface area (Å²) in [5, 5.41) is 14.5. The van der Waals surface area contributed by atoms with Crippen molar-refractivity contribution in [2.75, 3.05) is 13.2 Å². The largest absolute Gasteiger partial charge is 0.467 e. The molecule has 0 bridgehead atoms. The first kappa shape index (κ1) is 16.5. The summed E-state index contributed by atoms with van der Waals surface area (Å²) in [4.78, 5) is 23.5. The molecule has 0 spiro atoms. The molecule has 1 unspecified atom stereocenters. The molecule has 1 saturated carbocycles. The number of furan rings is 1. The van der Waals surface area contributed by atoms with E-state index in [1.807, 2.05) is 0 Å². The molecule has 0 saturated heterocycles. The topological polar surface area (TPSA) is 91.6 Å². The van der Waals surface area contributed by atoms with Crippen LogP contribution in [-0.4, -0.2) is 30.1 Å². The summed E-state index contributed by atoms with van der Waals surface area (Å²) < 4.78 is 5.15. The molecule has 3 N–H and O–H groups in total. The molecule has 0 radical (unpaired) electrons. The SMILES string of the molecule is O=C(CCC1CCCC1)NCC(=O)NC(CO)c1ccco1. The maximum absolute atomic E-state index is 11.8. The number of carbonyl (C=O) groups excluding carboxylic acids is 2. The maximum atomic E-state index is 11.8. The van der Waals surface area contributed by atoms with Crippen molar-refractivity contribution in [3.63, 3.8) is 0 Å². The summed E-state index contributed by atoms with van der Waals surface area (Å²) in [5.41, 5.74) is 0. The highest BCUT2D eigenvalue weighted by atomic mass is 16.3. The molecule has 1 atom stereocenters. The second kappa shape index (κ2) is 8.58. The van der Waals surface area contributed by atoms with Crippen molar-refractivity contribution < 1.29 is 19.1 Å². The number of rotatable bonds is 8. The van der Waals surface area contributed by atoms with Crippen LogP contribution in [0.2, 0.25) is 0 Å². The fourth-order valence-electron chi connectivity index (χ4n) is 2.84. The fraction of sp³-hybridized carbons (Fsp3) is 0.625. The molecule has 0 aromatic carbocycles. The highest BCUT2D eigenvalue weighted by Crippen LogP contribution is 2.28. The maximum Gasteiger partial charge on any atom is 0.240 e. The van der Waals surface area contributed by atoms with E-state index in [2.05, 4.69) is 10.6 Å². The quantitative estimate of drug-likeness (QED) is 0.679. The smallest absolute Gasteiger partial charge is 0.240 e. The lowest BCUT2D eigenvalue weighted by atomic mass is 10.0. The first-order valence-electron chi connectivity index (χ1n) is 7.89. The molecule has 1 aliphatic rings. The van der Waals surface area contributed by atoms with Crippen LogP contribution in [0.4, 0.5) is 0 Å². The summed E-state index contributed by atoms with van der Waals surface area (Å²) in [5.74, 6) is 0.714. The minimum Gasteiger partial charge on any atom is -0.467 e. The minimum absolute atomic E-state index is 0.0826. The predicted molar refractivity (Wildman–Crippen MR) is 80.9 cm³/mol. The molecule has 1 aromatic rings. The van der Waals surface area contributed by atoms with E-state index in [1.54, 1.807) is 12.1 Å². The van der Waals surface area contributed by atoms with E-state index in [4.69, 9.17) is 4.42 Å². The molecule has 2 amide bonds. The van der Waals surface area contributed by atoms with Crippen molar-refractivity contribution in [2.45, 2.75) is 44.6 Å². The van der Waals surface area contributed by atoms with Crippen molar-refractivity contribution in [1.82, 2.24) is 10.6 Å². The molecule has 2 rings (SSSR count). The zero-order chi connectivity index (χ0) is 15.8. The summed E-state index contributed by atoms with van der Waals surface area (Å²) in [6.45, 7) is -0.338. The Morgan fingerprint density at radius 3 is 2.73 bits per heavy atom. The van der Waals surface area contributed by atoms with Gasteiger partial charge < -0.3 is 20.2 Å². The van der Waals surface area contributed by atoms with Gasteiger partial charge in [0.25, 0.3) is 0 Å². The van der Waals surface area contributed by atoms with Crippen molar-refractivity contribution in [3.05, 3.63) is 24.2 Å². The summed E-state index contributed by atoms with van der Waals surface area (Å²) in [6.07, 6.45) is 7.83. The zero-order valence-corrected chi connectivity index (χ0v) is 12.7. The molecule has 1 fully saturated rings. The van der Waals surface area contributed by atoms with Gasteiger partial charge in [0.1, 0.15) is 11.8 Å². The number of amides is 2. The Bertz CT molecular complexity index is 467. The second-order valence-electron chi connectivity index (χ2n) is 5.78. The summed E-state index contributed by atoms with van der Waals surface area (Å²) >= 11 is 0. The van der Waals surface area contributed by atoms with Crippen LogP contribution in [0.3, 0.4) is 0 Å². The van der Waals surface area contributed by atoms with Crippen LogP contribution >= 0.6 is 0 Å². The summed E-state index contributed by atoms with van der Waals surface area (Å²) in [6, 6.07) is 2.79. The van der Waals surface area contributed by atoms with Gasteiger partial charge >= 0.3 is 0 Å². The third-order valence-electron chi connectivity index (χ3n) is 4.10. The molecule has 6 nitrogen and oxygen atoms in total. The lowest BCUT2D eigenvalue weighted by Crippen LogP contribution is -2.39. The minimum atomic E-state index is -0.585. The molecule has 1 aromatic heterocycles. The average molecular weight is 308 g/mol. The lowest BCUT2D eigenvalue weighted by Gasteiger charge is -2.14. The van der Waals surface area contributed by atoms with Crippen LogP contribution in [0.15, 0.2) is 22.8 Å². The van der Waals surface area contributed by atoms with Crippen LogP contribution in [0.25, 0.3) is 0 Å². The van der Waals surface area contributed by atoms with Gasteiger partial charge in [-0.15, -0.1) is 0 Å². The molecule has 122 valence electrons. The van der Waals surface area contributed by atoms with E-state index < -0.39 is 6.04 Å². The number of aliphatic hydroxyl groups excluding tert-OH is 1. The standard InChI is InChI=1S/C16H24N2O4/c19-11-13(14-6-3-9-22-14)18-16(21)10-17-15(20)8-7-12-4-1-2-5-12/h3,6,9,12-13,19H,1-2,4-5,7-8,10-11H2,(H,17,20)(H,18,21). The van der Waals surface area contributed by atoms with Gasteiger partial charge in [0.05, 0.1) is 19.4 Å². The predicted octanol–water partition coefficient (Wildman–Crippen LogP) is 1.52. The number of hydrogen-bond acceptors (Lipinski definition) is 4. The Hall–Kier alpha value is -1.82. The van der Waals surface area contributed by atoms with Crippen molar-refractivity contribution >= 4 is 11.8 Å². The van der Waals surface area contributed by atoms with Crippen LogP contribution in [0, 0.1) is 5.92 Å². The molecule has 0 aliphatic heterocycles. The Morgan fingerprint density at radius 2 is 2.09 bits per heavy atom. The van der Waals surface area contributed by atoms with Crippen LogP contribution in [0.5, 0.6) is 0 Å². The van der Waals surface area contributed by atoms with E-state index in [9.17, 15) is 14.7 Å². The molecule has 1 heterocycles. The third kappa shape index (κ3) is 5.18. The fourth-order valence-corrected chi connectivity index (χ4v) is 2.84. The molecule has 6 heteroatoms. The van der Waals surface area contributed by atoms with Crippen molar-refractivity contribution in [1.29, 1.82) is 0 Å². The van der Waals surface area contributed by atoms with Gasteiger partial charge in [-0.05, 0) is 24.5 Å². The van der Waals surface area contributed by atoms with Gasteiger partial charge in [-0.2, -0.15) is 0 Å². The van der Waals surface area contributed by atoms with Gasteiger partial charge in [-0.1, -0.05) is 25.7 Å². The van der Waals surface area contributed by atoms with Gasteiger partial charge in [-0.3, -0.25) is 9.59 Å². The third-order valence-corrected chi connectivity index (χ3v) is 4.10. The van der Waals surface area contributed by atoms with Gasteiger partial charge in [-0.25, -0.2) is 0 Å². The highest BCUT2D eigenvalue weighted by Gasteiger charge is 2.18. The van der Waals surface area contributed by atoms with Crippen molar-refractivity contribution in [3.8, 4) is 0 Å².